The summed E-state index contributed by atoms with van der Waals surface area (Å²) in [5.41, 5.74) is 5.08. The molecule has 0 aliphatic heterocycles. The SMILES string of the molecule is CCC(NC(=O)NNC(=O)Nc1ccc(Br)cc1)(I=O)C(C)C. The van der Waals surface area contributed by atoms with Crippen LogP contribution in [0.25, 0.3) is 0 Å². The van der Waals surface area contributed by atoms with Crippen LogP contribution >= 0.6 is 37.1 Å². The van der Waals surface area contributed by atoms with Crippen LogP contribution in [0, 0.1) is 5.92 Å². The standard InChI is InChI=1S/C14H20BrIN4O3/c1-4-14(16-23,9(2)3)18-13(22)20-19-12(21)17-11-7-5-10(15)6-8-11/h5-9H,4H2,1-3H3,(H2,17,19,21)(H2,18,20,22). The molecule has 4 amide bonds. The van der Waals surface area contributed by atoms with E-state index < -0.39 is 36.8 Å². The molecule has 1 unspecified atom stereocenters. The predicted molar refractivity (Wildman–Crippen MR) is 101 cm³/mol. The zero-order valence-corrected chi connectivity index (χ0v) is 16.8. The number of halogens is 2. The van der Waals surface area contributed by atoms with Crippen molar-refractivity contribution < 1.29 is 12.7 Å². The summed E-state index contributed by atoms with van der Waals surface area (Å²) < 4.78 is 11.7. The Hall–Kier alpha value is -1.23. The molecule has 0 spiro atoms. The van der Waals surface area contributed by atoms with E-state index in [2.05, 4.69) is 37.4 Å². The number of hydrogen-bond acceptors (Lipinski definition) is 3. The van der Waals surface area contributed by atoms with Gasteiger partial charge >= 0.3 is 12.1 Å². The predicted octanol–water partition coefficient (Wildman–Crippen LogP) is 3.86. The van der Waals surface area contributed by atoms with Crippen molar-refractivity contribution in [3.05, 3.63) is 28.7 Å². The number of anilines is 1. The average molecular weight is 499 g/mol. The molecule has 1 atom stereocenters. The minimum Gasteiger partial charge on any atom is -0.319 e. The third-order valence-electron chi connectivity index (χ3n) is 3.28. The molecule has 0 saturated carbocycles. The second-order valence-electron chi connectivity index (χ2n) is 5.11. The molecule has 1 aromatic rings. The topological polar surface area (TPSA) is 99.3 Å². The summed E-state index contributed by atoms with van der Waals surface area (Å²) >= 11 is 1.85. The number of carbonyl (C=O) groups excluding carboxylic acids is 2. The first kappa shape index (κ1) is 19.8. The normalized spacial score (nSPS) is 13.1. The lowest BCUT2D eigenvalue weighted by atomic mass is 10.0. The average Bonchev–Trinajstić information content (AvgIpc) is 2.52. The number of nitrogens with one attached hydrogen (secondary N) is 4. The van der Waals surface area contributed by atoms with Crippen molar-refractivity contribution in [1.29, 1.82) is 0 Å². The molecule has 0 saturated heterocycles. The number of alkyl halides is 1. The zero-order chi connectivity index (χ0) is 17.5. The minimum absolute atomic E-state index is 0.0279. The van der Waals surface area contributed by atoms with Crippen LogP contribution in [-0.2, 0) is 3.07 Å². The summed E-state index contributed by atoms with van der Waals surface area (Å²) in [4.78, 5) is 23.6. The molecule has 0 bridgehead atoms. The highest BCUT2D eigenvalue weighted by Crippen LogP contribution is 2.32. The molecule has 9 heteroatoms. The number of amides is 4. The second kappa shape index (κ2) is 9.16. The monoisotopic (exact) mass is 498 g/mol. The lowest BCUT2D eigenvalue weighted by Crippen LogP contribution is -2.55. The van der Waals surface area contributed by atoms with Crippen molar-refractivity contribution in [2.24, 2.45) is 5.92 Å². The van der Waals surface area contributed by atoms with Gasteiger partial charge in [0.25, 0.3) is 0 Å². The van der Waals surface area contributed by atoms with Crippen LogP contribution in [0.3, 0.4) is 0 Å². The summed E-state index contributed by atoms with van der Waals surface area (Å²) in [6.07, 6.45) is 0.556. The minimum atomic E-state index is -1.44. The van der Waals surface area contributed by atoms with Crippen LogP contribution in [0.15, 0.2) is 28.7 Å². The van der Waals surface area contributed by atoms with E-state index in [1.54, 1.807) is 24.3 Å². The lowest BCUT2D eigenvalue weighted by Gasteiger charge is -2.30. The number of hydrogen-bond donors (Lipinski definition) is 4. The molecule has 128 valence electrons. The van der Waals surface area contributed by atoms with Gasteiger partial charge in [0, 0.05) is 10.2 Å². The smallest absolute Gasteiger partial charge is 0.319 e. The Morgan fingerprint density at radius 3 is 2.22 bits per heavy atom. The molecule has 4 N–H and O–H groups in total. The maximum Gasteiger partial charge on any atom is 0.337 e. The molecule has 0 aromatic heterocycles. The Morgan fingerprint density at radius 2 is 1.74 bits per heavy atom. The summed E-state index contributed by atoms with van der Waals surface area (Å²) in [5, 5.41) is 5.26. The van der Waals surface area contributed by atoms with Gasteiger partial charge in [0.15, 0.2) is 21.2 Å². The van der Waals surface area contributed by atoms with Crippen molar-refractivity contribution in [2.45, 2.75) is 30.7 Å². The Bertz CT molecular complexity index is 568. The van der Waals surface area contributed by atoms with Gasteiger partial charge in [-0.05, 0) is 36.6 Å². The maximum atomic E-state index is 11.9. The van der Waals surface area contributed by atoms with Gasteiger partial charge in [-0.2, -0.15) is 0 Å². The van der Waals surface area contributed by atoms with E-state index in [4.69, 9.17) is 0 Å². The molecule has 0 heterocycles. The third-order valence-corrected chi connectivity index (χ3v) is 6.87. The number of urea groups is 2. The van der Waals surface area contributed by atoms with Crippen LogP contribution in [0.2, 0.25) is 0 Å². The molecule has 7 nitrogen and oxygen atoms in total. The van der Waals surface area contributed by atoms with Gasteiger partial charge < -0.3 is 10.6 Å². The number of rotatable bonds is 5. The van der Waals surface area contributed by atoms with E-state index in [1.807, 2.05) is 20.8 Å². The van der Waals surface area contributed by atoms with Crippen molar-refractivity contribution in [3.63, 3.8) is 0 Å². The van der Waals surface area contributed by atoms with Gasteiger partial charge in [-0.15, -0.1) is 0 Å². The Balaban J connectivity index is 2.50. The summed E-state index contributed by atoms with van der Waals surface area (Å²) in [6.45, 7) is 5.66. The van der Waals surface area contributed by atoms with Crippen LogP contribution in [-0.4, -0.2) is 15.6 Å². The first-order valence-electron chi connectivity index (χ1n) is 7.02. The molecule has 0 aliphatic carbocycles. The van der Waals surface area contributed by atoms with Gasteiger partial charge in [-0.25, -0.2) is 20.4 Å². The van der Waals surface area contributed by atoms with Crippen molar-refractivity contribution >= 4 is 54.9 Å². The summed E-state index contributed by atoms with van der Waals surface area (Å²) in [7, 11) is 0. The first-order valence-corrected chi connectivity index (χ1v) is 9.77. The first-order chi connectivity index (χ1) is 10.8. The molecular formula is C14H20BrIN4O3. The number of carbonyl (C=O) groups is 2. The molecule has 0 fully saturated rings. The van der Waals surface area contributed by atoms with Gasteiger partial charge in [-0.1, -0.05) is 36.7 Å². The van der Waals surface area contributed by atoms with Gasteiger partial charge in [0.1, 0.15) is 3.55 Å². The van der Waals surface area contributed by atoms with Crippen LogP contribution < -0.4 is 21.5 Å². The van der Waals surface area contributed by atoms with Crippen molar-refractivity contribution in [1.82, 2.24) is 16.2 Å². The largest absolute Gasteiger partial charge is 0.337 e. The fourth-order valence-corrected chi connectivity index (χ4v) is 3.27. The van der Waals surface area contributed by atoms with Crippen LogP contribution in [0.1, 0.15) is 27.2 Å². The van der Waals surface area contributed by atoms with E-state index in [0.29, 0.717) is 12.1 Å². The molecule has 0 radical (unpaired) electrons. The zero-order valence-electron chi connectivity index (χ0n) is 13.1. The van der Waals surface area contributed by atoms with Crippen LogP contribution in [0.5, 0.6) is 0 Å². The third kappa shape index (κ3) is 6.05. The van der Waals surface area contributed by atoms with Crippen molar-refractivity contribution in [3.8, 4) is 0 Å². The number of hydrazine groups is 1. The lowest BCUT2D eigenvalue weighted by molar-refractivity contribution is 0.221. The second-order valence-corrected chi connectivity index (χ2v) is 8.39. The Morgan fingerprint density at radius 1 is 1.17 bits per heavy atom. The van der Waals surface area contributed by atoms with Crippen LogP contribution in [0.4, 0.5) is 15.3 Å². The van der Waals surface area contributed by atoms with E-state index in [-0.39, 0.29) is 5.92 Å². The maximum absolute atomic E-state index is 11.9. The van der Waals surface area contributed by atoms with Crippen molar-refractivity contribution in [2.75, 3.05) is 5.32 Å². The van der Waals surface area contributed by atoms with Gasteiger partial charge in [0.2, 0.25) is 0 Å². The highest BCUT2D eigenvalue weighted by Gasteiger charge is 2.34. The van der Waals surface area contributed by atoms with E-state index in [0.717, 1.165) is 4.47 Å². The molecule has 1 aromatic carbocycles. The highest BCUT2D eigenvalue weighted by molar-refractivity contribution is 14.1. The number of benzene rings is 1. The summed E-state index contributed by atoms with van der Waals surface area (Å²) in [5.74, 6) is 0.0279. The fraction of sp³-hybridized carbons (Fsp3) is 0.429. The summed E-state index contributed by atoms with van der Waals surface area (Å²) in [6, 6.07) is 5.82. The molecule has 0 aliphatic rings. The van der Waals surface area contributed by atoms with E-state index >= 15 is 0 Å². The van der Waals surface area contributed by atoms with Gasteiger partial charge in [-0.3, -0.25) is 3.07 Å². The highest BCUT2D eigenvalue weighted by atomic mass is 127. The Kier molecular flexibility index (Phi) is 7.89. The molecule has 23 heavy (non-hydrogen) atoms. The molecule has 1 rings (SSSR count). The van der Waals surface area contributed by atoms with E-state index in [1.165, 1.54) is 0 Å². The van der Waals surface area contributed by atoms with Gasteiger partial charge in [0.05, 0.1) is 0 Å². The fourth-order valence-electron chi connectivity index (χ4n) is 1.83. The Labute approximate surface area is 154 Å². The van der Waals surface area contributed by atoms with E-state index in [9.17, 15) is 12.7 Å². The molecular weight excluding hydrogens is 479 g/mol. The quantitative estimate of drug-likeness (QED) is 0.214.